The van der Waals surface area contributed by atoms with E-state index in [4.69, 9.17) is 0 Å². The van der Waals surface area contributed by atoms with Gasteiger partial charge in [0.2, 0.25) is 0 Å². The van der Waals surface area contributed by atoms with Gasteiger partial charge in [0.25, 0.3) is 5.91 Å². The Labute approximate surface area is 147 Å². The summed E-state index contributed by atoms with van der Waals surface area (Å²) in [6.45, 7) is 1.85. The normalized spacial score (nSPS) is 18.0. The van der Waals surface area contributed by atoms with Gasteiger partial charge < -0.3 is 14.9 Å². The quantitative estimate of drug-likeness (QED) is 0.925. The topological polar surface area (TPSA) is 61.6 Å². The highest BCUT2D eigenvalue weighted by atomic mass is 16.3. The van der Waals surface area contributed by atoms with Crippen LogP contribution in [0.3, 0.4) is 0 Å². The van der Waals surface area contributed by atoms with Gasteiger partial charge in [-0.15, -0.1) is 0 Å². The first-order chi connectivity index (χ1) is 12.0. The van der Waals surface area contributed by atoms with Crippen LogP contribution in [0, 0.1) is 5.92 Å². The van der Waals surface area contributed by atoms with Crippen molar-refractivity contribution in [3.63, 3.8) is 0 Å². The molecule has 6 heteroatoms. The van der Waals surface area contributed by atoms with Gasteiger partial charge in [-0.1, -0.05) is 6.07 Å². The van der Waals surface area contributed by atoms with Crippen LogP contribution in [-0.2, 0) is 13.1 Å². The molecule has 0 radical (unpaired) electrons. The van der Waals surface area contributed by atoms with E-state index in [1.807, 2.05) is 58.9 Å². The van der Waals surface area contributed by atoms with Crippen LogP contribution in [0.4, 0.5) is 5.69 Å². The van der Waals surface area contributed by atoms with Gasteiger partial charge in [0.15, 0.2) is 0 Å². The lowest BCUT2D eigenvalue weighted by atomic mass is 10.1. The standard InChI is InChI=1S/C19H24N4O2/c1-21(2)15-5-3-4-14(10-15)19(25)22-8-9-23-16(12-22)11-17(20-23)18(24)13-6-7-13/h3-5,10-11,13,18,24H,6-9,12H2,1-2H3. The van der Waals surface area contributed by atoms with Crippen LogP contribution >= 0.6 is 0 Å². The Morgan fingerprint density at radius 2 is 2.08 bits per heavy atom. The number of anilines is 1. The van der Waals surface area contributed by atoms with Crippen LogP contribution in [0.5, 0.6) is 0 Å². The molecule has 1 amide bonds. The number of rotatable bonds is 4. The number of aliphatic hydroxyl groups is 1. The van der Waals surface area contributed by atoms with Crippen LogP contribution in [-0.4, -0.2) is 46.3 Å². The number of nitrogens with zero attached hydrogens (tertiary/aromatic N) is 4. The van der Waals surface area contributed by atoms with Crippen molar-refractivity contribution in [1.29, 1.82) is 0 Å². The van der Waals surface area contributed by atoms with Crippen molar-refractivity contribution in [2.75, 3.05) is 25.5 Å². The summed E-state index contributed by atoms with van der Waals surface area (Å²) >= 11 is 0. The summed E-state index contributed by atoms with van der Waals surface area (Å²) in [5.41, 5.74) is 3.47. The van der Waals surface area contributed by atoms with E-state index in [9.17, 15) is 9.90 Å². The summed E-state index contributed by atoms with van der Waals surface area (Å²) in [6, 6.07) is 9.66. The monoisotopic (exact) mass is 340 g/mol. The predicted octanol–water partition coefficient (Wildman–Crippen LogP) is 2.05. The summed E-state index contributed by atoms with van der Waals surface area (Å²) in [5.74, 6) is 0.406. The zero-order chi connectivity index (χ0) is 17.6. The van der Waals surface area contributed by atoms with Crippen molar-refractivity contribution in [3.8, 4) is 0 Å². The molecule has 132 valence electrons. The first-order valence-corrected chi connectivity index (χ1v) is 8.84. The number of aliphatic hydroxyl groups excluding tert-OH is 1. The predicted molar refractivity (Wildman–Crippen MR) is 95.4 cm³/mol. The second-order valence-electron chi connectivity index (χ2n) is 7.24. The van der Waals surface area contributed by atoms with Gasteiger partial charge in [-0.3, -0.25) is 9.48 Å². The van der Waals surface area contributed by atoms with E-state index in [1.54, 1.807) is 0 Å². The summed E-state index contributed by atoms with van der Waals surface area (Å²) in [6.07, 6.45) is 1.70. The molecule has 4 rings (SSSR count). The average molecular weight is 340 g/mol. The molecular formula is C19H24N4O2. The zero-order valence-electron chi connectivity index (χ0n) is 14.7. The maximum atomic E-state index is 12.9. The molecule has 1 aromatic heterocycles. The van der Waals surface area contributed by atoms with Crippen molar-refractivity contribution in [2.45, 2.75) is 32.0 Å². The van der Waals surface area contributed by atoms with E-state index < -0.39 is 6.10 Å². The first kappa shape index (κ1) is 16.1. The van der Waals surface area contributed by atoms with Crippen molar-refractivity contribution in [2.24, 2.45) is 5.92 Å². The molecule has 2 aliphatic rings. The number of aromatic nitrogens is 2. The highest BCUT2D eigenvalue weighted by Gasteiger charge is 2.33. The van der Waals surface area contributed by atoms with Crippen LogP contribution in [0.25, 0.3) is 0 Å². The molecule has 1 fully saturated rings. The Morgan fingerprint density at radius 3 is 2.80 bits per heavy atom. The Morgan fingerprint density at radius 1 is 1.28 bits per heavy atom. The minimum Gasteiger partial charge on any atom is -0.386 e. The third kappa shape index (κ3) is 3.14. The zero-order valence-corrected chi connectivity index (χ0v) is 14.7. The summed E-state index contributed by atoms with van der Waals surface area (Å²) < 4.78 is 1.93. The van der Waals surface area contributed by atoms with Gasteiger partial charge >= 0.3 is 0 Å². The molecule has 1 N–H and O–H groups in total. The molecule has 2 heterocycles. The minimum absolute atomic E-state index is 0.0421. The lowest BCUT2D eigenvalue weighted by Crippen LogP contribution is -2.38. The molecule has 1 atom stereocenters. The maximum Gasteiger partial charge on any atom is 0.254 e. The molecule has 1 aliphatic carbocycles. The smallest absolute Gasteiger partial charge is 0.254 e. The Kier molecular flexibility index (Phi) is 4.00. The molecule has 1 saturated carbocycles. The maximum absolute atomic E-state index is 12.9. The lowest BCUT2D eigenvalue weighted by molar-refractivity contribution is 0.0705. The molecule has 6 nitrogen and oxygen atoms in total. The lowest BCUT2D eigenvalue weighted by Gasteiger charge is -2.28. The van der Waals surface area contributed by atoms with Gasteiger partial charge in [0, 0.05) is 31.9 Å². The summed E-state index contributed by atoms with van der Waals surface area (Å²) in [4.78, 5) is 16.7. The summed E-state index contributed by atoms with van der Waals surface area (Å²) in [5, 5.41) is 14.8. The third-order valence-electron chi connectivity index (χ3n) is 5.09. The van der Waals surface area contributed by atoms with E-state index in [0.717, 1.165) is 29.9 Å². The molecular weight excluding hydrogens is 316 g/mol. The van der Waals surface area contributed by atoms with E-state index >= 15 is 0 Å². The van der Waals surface area contributed by atoms with Crippen molar-refractivity contribution >= 4 is 11.6 Å². The molecule has 1 unspecified atom stereocenters. The highest BCUT2D eigenvalue weighted by molar-refractivity contribution is 5.95. The number of fused-ring (bicyclic) bond motifs is 1. The highest BCUT2D eigenvalue weighted by Crippen LogP contribution is 2.40. The fourth-order valence-corrected chi connectivity index (χ4v) is 3.36. The van der Waals surface area contributed by atoms with E-state index in [-0.39, 0.29) is 5.91 Å². The van der Waals surface area contributed by atoms with Crippen molar-refractivity contribution in [1.82, 2.24) is 14.7 Å². The average Bonchev–Trinajstić information content (AvgIpc) is 3.38. The number of hydrogen-bond acceptors (Lipinski definition) is 4. The third-order valence-corrected chi connectivity index (χ3v) is 5.09. The second kappa shape index (κ2) is 6.19. The largest absolute Gasteiger partial charge is 0.386 e. The number of amides is 1. The summed E-state index contributed by atoms with van der Waals surface area (Å²) in [7, 11) is 3.94. The minimum atomic E-state index is -0.459. The Balaban J connectivity index is 1.51. The molecule has 0 bridgehead atoms. The number of carbonyl (C=O) groups excluding carboxylic acids is 1. The molecule has 0 saturated heterocycles. The molecule has 1 aromatic carbocycles. The van der Waals surface area contributed by atoms with Crippen LogP contribution < -0.4 is 4.90 Å². The molecule has 1 aliphatic heterocycles. The van der Waals surface area contributed by atoms with Crippen LogP contribution in [0.1, 0.15) is 40.7 Å². The molecule has 2 aromatic rings. The molecule has 0 spiro atoms. The van der Waals surface area contributed by atoms with Gasteiger partial charge in [-0.2, -0.15) is 5.10 Å². The fourth-order valence-electron chi connectivity index (χ4n) is 3.36. The molecule has 25 heavy (non-hydrogen) atoms. The number of hydrogen-bond donors (Lipinski definition) is 1. The fraction of sp³-hybridized carbons (Fsp3) is 0.474. The van der Waals surface area contributed by atoms with Gasteiger partial charge in [0.1, 0.15) is 6.10 Å². The van der Waals surface area contributed by atoms with Gasteiger partial charge in [-0.25, -0.2) is 0 Å². The Hall–Kier alpha value is -2.34. The van der Waals surface area contributed by atoms with Crippen molar-refractivity contribution < 1.29 is 9.90 Å². The van der Waals surface area contributed by atoms with Crippen molar-refractivity contribution in [3.05, 3.63) is 47.3 Å². The van der Waals surface area contributed by atoms with E-state index in [1.165, 1.54) is 0 Å². The van der Waals surface area contributed by atoms with Crippen LogP contribution in [0.15, 0.2) is 30.3 Å². The number of carbonyl (C=O) groups is 1. The SMILES string of the molecule is CN(C)c1cccc(C(=O)N2CCn3nc(C(O)C4CC4)cc3C2)c1. The van der Waals surface area contributed by atoms with Gasteiger partial charge in [0.05, 0.1) is 24.5 Å². The first-order valence-electron chi connectivity index (χ1n) is 8.84. The van der Waals surface area contributed by atoms with E-state index in [0.29, 0.717) is 31.1 Å². The van der Waals surface area contributed by atoms with Crippen LogP contribution in [0.2, 0.25) is 0 Å². The van der Waals surface area contributed by atoms with Gasteiger partial charge in [-0.05, 0) is 43.0 Å². The number of benzene rings is 1. The second-order valence-corrected chi connectivity index (χ2v) is 7.24. The Bertz CT molecular complexity index is 794. The van der Waals surface area contributed by atoms with E-state index in [2.05, 4.69) is 5.10 Å².